The Hall–Kier alpha value is -1.94. The predicted octanol–water partition coefficient (Wildman–Crippen LogP) is 3.64. The van der Waals surface area contributed by atoms with Crippen molar-refractivity contribution in [3.8, 4) is 0 Å². The molecule has 2 rings (SSSR count). The van der Waals surface area contributed by atoms with Crippen LogP contribution in [0.2, 0.25) is 0 Å². The molecule has 96 valence electrons. The van der Waals surface area contributed by atoms with Crippen LogP contribution in [-0.4, -0.2) is 11.7 Å². The van der Waals surface area contributed by atoms with E-state index in [0.717, 1.165) is 4.47 Å². The van der Waals surface area contributed by atoms with Crippen molar-refractivity contribution < 1.29 is 9.59 Å². The SMILES string of the molecule is CC(=O)Nc1ccccc1C(=O)c1ccccc1Br. The number of ketones is 1. The summed E-state index contributed by atoms with van der Waals surface area (Å²) in [6.07, 6.45) is 0. The molecule has 0 spiro atoms. The van der Waals surface area contributed by atoms with Crippen LogP contribution in [0.3, 0.4) is 0 Å². The first-order chi connectivity index (χ1) is 9.09. The van der Waals surface area contributed by atoms with Crippen LogP contribution in [0, 0.1) is 0 Å². The topological polar surface area (TPSA) is 46.2 Å². The van der Waals surface area contributed by atoms with Gasteiger partial charge in [-0.05, 0) is 24.3 Å². The predicted molar refractivity (Wildman–Crippen MR) is 78.3 cm³/mol. The van der Waals surface area contributed by atoms with Gasteiger partial charge in [0.1, 0.15) is 0 Å². The monoisotopic (exact) mass is 317 g/mol. The van der Waals surface area contributed by atoms with Crippen LogP contribution in [-0.2, 0) is 4.79 Å². The molecule has 2 aromatic carbocycles. The van der Waals surface area contributed by atoms with Gasteiger partial charge in [-0.15, -0.1) is 0 Å². The summed E-state index contributed by atoms with van der Waals surface area (Å²) in [5.41, 5.74) is 1.57. The highest BCUT2D eigenvalue weighted by molar-refractivity contribution is 9.10. The van der Waals surface area contributed by atoms with Gasteiger partial charge in [-0.2, -0.15) is 0 Å². The van der Waals surface area contributed by atoms with Crippen LogP contribution in [0.4, 0.5) is 5.69 Å². The number of nitrogens with one attached hydrogen (secondary N) is 1. The average molecular weight is 318 g/mol. The number of hydrogen-bond donors (Lipinski definition) is 1. The van der Waals surface area contributed by atoms with E-state index >= 15 is 0 Å². The van der Waals surface area contributed by atoms with Crippen LogP contribution < -0.4 is 5.32 Å². The largest absolute Gasteiger partial charge is 0.326 e. The number of benzene rings is 2. The van der Waals surface area contributed by atoms with Crippen LogP contribution in [0.25, 0.3) is 0 Å². The van der Waals surface area contributed by atoms with E-state index in [9.17, 15) is 9.59 Å². The Morgan fingerprint density at radius 3 is 2.16 bits per heavy atom. The van der Waals surface area contributed by atoms with Gasteiger partial charge in [-0.25, -0.2) is 0 Å². The van der Waals surface area contributed by atoms with Gasteiger partial charge in [0.25, 0.3) is 0 Å². The van der Waals surface area contributed by atoms with Crippen LogP contribution in [0.15, 0.2) is 53.0 Å². The molecule has 0 saturated carbocycles. The molecule has 0 saturated heterocycles. The molecule has 4 heteroatoms. The summed E-state index contributed by atoms with van der Waals surface area (Å²) in [6.45, 7) is 1.42. The molecule has 0 aliphatic heterocycles. The third-order valence-electron chi connectivity index (χ3n) is 2.60. The second-order valence-corrected chi connectivity index (χ2v) is 4.89. The third-order valence-corrected chi connectivity index (χ3v) is 3.29. The van der Waals surface area contributed by atoms with Crippen molar-refractivity contribution >= 4 is 33.3 Å². The van der Waals surface area contributed by atoms with Gasteiger partial charge in [-0.3, -0.25) is 9.59 Å². The van der Waals surface area contributed by atoms with Gasteiger partial charge in [0.15, 0.2) is 5.78 Å². The van der Waals surface area contributed by atoms with E-state index in [1.54, 1.807) is 36.4 Å². The lowest BCUT2D eigenvalue weighted by atomic mass is 10.0. The van der Waals surface area contributed by atoms with E-state index in [-0.39, 0.29) is 11.7 Å². The van der Waals surface area contributed by atoms with Crippen molar-refractivity contribution in [1.29, 1.82) is 0 Å². The van der Waals surface area contributed by atoms with E-state index < -0.39 is 0 Å². The van der Waals surface area contributed by atoms with Gasteiger partial charge in [-0.1, -0.05) is 40.2 Å². The molecular formula is C15H12BrNO2. The number of amides is 1. The lowest BCUT2D eigenvalue weighted by Gasteiger charge is -2.09. The molecule has 19 heavy (non-hydrogen) atoms. The number of rotatable bonds is 3. The second kappa shape index (κ2) is 5.80. The summed E-state index contributed by atoms with van der Waals surface area (Å²) >= 11 is 3.36. The minimum atomic E-state index is -0.202. The van der Waals surface area contributed by atoms with E-state index in [1.807, 2.05) is 12.1 Å². The lowest BCUT2D eigenvalue weighted by Crippen LogP contribution is -2.11. The molecule has 0 bridgehead atoms. The second-order valence-electron chi connectivity index (χ2n) is 4.04. The maximum absolute atomic E-state index is 12.5. The summed E-state index contributed by atoms with van der Waals surface area (Å²) in [4.78, 5) is 23.6. The van der Waals surface area contributed by atoms with Crippen molar-refractivity contribution in [3.63, 3.8) is 0 Å². The zero-order chi connectivity index (χ0) is 13.8. The zero-order valence-electron chi connectivity index (χ0n) is 10.3. The molecular weight excluding hydrogens is 306 g/mol. The molecule has 0 unspecified atom stereocenters. The smallest absolute Gasteiger partial charge is 0.221 e. The molecule has 0 atom stereocenters. The molecule has 3 nitrogen and oxygen atoms in total. The highest BCUT2D eigenvalue weighted by atomic mass is 79.9. The Bertz CT molecular complexity index is 638. The summed E-state index contributed by atoms with van der Waals surface area (Å²) in [7, 11) is 0. The lowest BCUT2D eigenvalue weighted by molar-refractivity contribution is -0.114. The maximum Gasteiger partial charge on any atom is 0.221 e. The van der Waals surface area contributed by atoms with Crippen molar-refractivity contribution in [3.05, 3.63) is 64.1 Å². The number of para-hydroxylation sites is 1. The molecule has 0 aliphatic carbocycles. The first kappa shape index (κ1) is 13.5. The van der Waals surface area contributed by atoms with Crippen molar-refractivity contribution in [1.82, 2.24) is 0 Å². The van der Waals surface area contributed by atoms with Crippen LogP contribution >= 0.6 is 15.9 Å². The Balaban J connectivity index is 2.45. The Kier molecular flexibility index (Phi) is 4.12. The molecule has 0 fully saturated rings. The molecule has 1 amide bonds. The Morgan fingerprint density at radius 1 is 0.947 bits per heavy atom. The van der Waals surface area contributed by atoms with Gasteiger partial charge in [0.2, 0.25) is 5.91 Å². The fourth-order valence-electron chi connectivity index (χ4n) is 1.77. The van der Waals surface area contributed by atoms with Gasteiger partial charge in [0, 0.05) is 22.5 Å². The summed E-state index contributed by atoms with van der Waals surface area (Å²) < 4.78 is 0.734. The summed E-state index contributed by atoms with van der Waals surface area (Å²) in [5.74, 6) is -0.329. The summed E-state index contributed by atoms with van der Waals surface area (Å²) in [5, 5.41) is 2.67. The fourth-order valence-corrected chi connectivity index (χ4v) is 2.24. The first-order valence-corrected chi connectivity index (χ1v) is 6.54. The third kappa shape index (κ3) is 3.09. The van der Waals surface area contributed by atoms with Crippen molar-refractivity contribution in [2.75, 3.05) is 5.32 Å². The van der Waals surface area contributed by atoms with E-state index in [1.165, 1.54) is 6.92 Å². The van der Waals surface area contributed by atoms with E-state index in [2.05, 4.69) is 21.2 Å². The fraction of sp³-hybridized carbons (Fsp3) is 0.0667. The Morgan fingerprint density at radius 2 is 1.53 bits per heavy atom. The molecule has 0 radical (unpaired) electrons. The number of anilines is 1. The minimum absolute atomic E-state index is 0.128. The quantitative estimate of drug-likeness (QED) is 0.878. The standard InChI is InChI=1S/C15H12BrNO2/c1-10(18)17-14-9-5-3-7-12(14)15(19)11-6-2-4-8-13(11)16/h2-9H,1H3,(H,17,18). The highest BCUT2D eigenvalue weighted by Gasteiger charge is 2.15. The molecule has 0 aromatic heterocycles. The number of carbonyl (C=O) groups excluding carboxylic acids is 2. The van der Waals surface area contributed by atoms with Crippen molar-refractivity contribution in [2.45, 2.75) is 6.92 Å². The normalized spacial score (nSPS) is 10.0. The Labute approximate surface area is 119 Å². The average Bonchev–Trinajstić information content (AvgIpc) is 2.38. The van der Waals surface area contributed by atoms with E-state index in [0.29, 0.717) is 16.8 Å². The molecule has 1 N–H and O–H groups in total. The zero-order valence-corrected chi connectivity index (χ0v) is 11.9. The maximum atomic E-state index is 12.5. The molecule has 0 heterocycles. The van der Waals surface area contributed by atoms with Crippen molar-refractivity contribution in [2.24, 2.45) is 0 Å². The molecule has 0 aliphatic rings. The highest BCUT2D eigenvalue weighted by Crippen LogP contribution is 2.23. The number of halogens is 1. The summed E-state index contributed by atoms with van der Waals surface area (Å²) in [6, 6.07) is 14.2. The van der Waals surface area contributed by atoms with Crippen LogP contribution in [0.5, 0.6) is 0 Å². The number of carbonyl (C=O) groups is 2. The van der Waals surface area contributed by atoms with Gasteiger partial charge in [0.05, 0.1) is 5.69 Å². The molecule has 2 aromatic rings. The first-order valence-electron chi connectivity index (χ1n) is 5.75. The van der Waals surface area contributed by atoms with Crippen LogP contribution in [0.1, 0.15) is 22.8 Å². The van der Waals surface area contributed by atoms with E-state index in [4.69, 9.17) is 0 Å². The van der Waals surface area contributed by atoms with Gasteiger partial charge < -0.3 is 5.32 Å². The van der Waals surface area contributed by atoms with Gasteiger partial charge >= 0.3 is 0 Å². The number of hydrogen-bond acceptors (Lipinski definition) is 2. The minimum Gasteiger partial charge on any atom is -0.326 e.